The van der Waals surface area contributed by atoms with E-state index in [1.54, 1.807) is 0 Å². The Hall–Kier alpha value is -1.13. The first-order chi connectivity index (χ1) is 9.38. The summed E-state index contributed by atoms with van der Waals surface area (Å²) in [6.45, 7) is 0. The average molecular weight is 351 g/mol. The number of rotatable bonds is 2. The highest BCUT2D eigenvalue weighted by Crippen LogP contribution is 2.33. The second kappa shape index (κ2) is 6.10. The standard InChI is InChI=1S/C13H7Cl4NO2/c14-6-1-2-12(19)7(3-6)13(20)18-11-5-9(16)8(15)4-10(11)17/h1-5,19H,(H,18,20). The van der Waals surface area contributed by atoms with Crippen LogP contribution in [0.4, 0.5) is 5.69 Å². The van der Waals surface area contributed by atoms with Gasteiger partial charge < -0.3 is 10.4 Å². The van der Waals surface area contributed by atoms with Crippen molar-refractivity contribution in [3.8, 4) is 5.75 Å². The highest BCUT2D eigenvalue weighted by molar-refractivity contribution is 6.44. The van der Waals surface area contributed by atoms with E-state index in [1.165, 1.54) is 30.3 Å². The molecule has 0 fully saturated rings. The van der Waals surface area contributed by atoms with E-state index in [0.717, 1.165) is 0 Å². The zero-order valence-corrected chi connectivity index (χ0v) is 12.8. The number of phenolic OH excluding ortho intramolecular Hbond substituents is 1. The summed E-state index contributed by atoms with van der Waals surface area (Å²) >= 11 is 23.4. The molecular formula is C13H7Cl4NO2. The summed E-state index contributed by atoms with van der Waals surface area (Å²) < 4.78 is 0. The molecule has 0 heterocycles. The maximum atomic E-state index is 12.1. The Morgan fingerprint density at radius 2 is 1.60 bits per heavy atom. The van der Waals surface area contributed by atoms with E-state index in [1.807, 2.05) is 0 Å². The maximum absolute atomic E-state index is 12.1. The lowest BCUT2D eigenvalue weighted by atomic mass is 10.2. The molecule has 0 saturated heterocycles. The van der Waals surface area contributed by atoms with Crippen LogP contribution in [0.5, 0.6) is 5.75 Å². The molecule has 20 heavy (non-hydrogen) atoms. The Balaban J connectivity index is 2.32. The SMILES string of the molecule is O=C(Nc1cc(Cl)c(Cl)cc1Cl)c1cc(Cl)ccc1O. The maximum Gasteiger partial charge on any atom is 0.259 e. The summed E-state index contributed by atoms with van der Waals surface area (Å²) in [5.41, 5.74) is 0.310. The summed E-state index contributed by atoms with van der Waals surface area (Å²) in [5.74, 6) is -0.756. The second-order valence-corrected chi connectivity index (χ2v) is 5.52. The number of hydrogen-bond donors (Lipinski definition) is 2. The lowest BCUT2D eigenvalue weighted by Gasteiger charge is -2.10. The van der Waals surface area contributed by atoms with Crippen LogP contribution in [0.25, 0.3) is 0 Å². The molecule has 0 saturated carbocycles. The summed E-state index contributed by atoms with van der Waals surface area (Å²) in [5, 5.41) is 13.3. The molecule has 0 spiro atoms. The van der Waals surface area contributed by atoms with Crippen molar-refractivity contribution in [1.29, 1.82) is 0 Å². The van der Waals surface area contributed by atoms with Gasteiger partial charge in [0.15, 0.2) is 0 Å². The van der Waals surface area contributed by atoms with Gasteiger partial charge in [-0.2, -0.15) is 0 Å². The molecule has 0 aliphatic carbocycles. The van der Waals surface area contributed by atoms with Crippen molar-refractivity contribution in [2.45, 2.75) is 0 Å². The van der Waals surface area contributed by atoms with Gasteiger partial charge in [0.2, 0.25) is 0 Å². The lowest BCUT2D eigenvalue weighted by Crippen LogP contribution is -2.12. The summed E-state index contributed by atoms with van der Waals surface area (Å²) in [7, 11) is 0. The van der Waals surface area contributed by atoms with Crippen LogP contribution < -0.4 is 5.32 Å². The molecule has 2 aromatic carbocycles. The minimum Gasteiger partial charge on any atom is -0.507 e. The smallest absolute Gasteiger partial charge is 0.259 e. The third kappa shape index (κ3) is 3.30. The van der Waals surface area contributed by atoms with Crippen LogP contribution in [0.2, 0.25) is 20.1 Å². The molecular weight excluding hydrogens is 344 g/mol. The van der Waals surface area contributed by atoms with Crippen LogP contribution in [0.3, 0.4) is 0 Å². The minimum atomic E-state index is -0.565. The zero-order chi connectivity index (χ0) is 14.9. The number of nitrogens with one attached hydrogen (secondary N) is 1. The number of anilines is 1. The van der Waals surface area contributed by atoms with Gasteiger partial charge in [-0.05, 0) is 30.3 Å². The molecule has 2 rings (SSSR count). The Morgan fingerprint density at radius 3 is 2.30 bits per heavy atom. The molecule has 0 aliphatic rings. The van der Waals surface area contributed by atoms with Crippen molar-refractivity contribution < 1.29 is 9.90 Å². The van der Waals surface area contributed by atoms with Crippen LogP contribution in [0, 0.1) is 0 Å². The minimum absolute atomic E-state index is 0.0274. The predicted molar refractivity (Wildman–Crippen MR) is 82.5 cm³/mol. The Kier molecular flexibility index (Phi) is 4.66. The van der Waals surface area contributed by atoms with Crippen molar-refractivity contribution in [3.63, 3.8) is 0 Å². The Morgan fingerprint density at radius 1 is 0.950 bits per heavy atom. The fraction of sp³-hybridized carbons (Fsp3) is 0. The van der Waals surface area contributed by atoms with Crippen LogP contribution >= 0.6 is 46.4 Å². The number of halogens is 4. The normalized spacial score (nSPS) is 10.4. The number of carbonyl (C=O) groups excluding carboxylic acids is 1. The molecule has 0 bridgehead atoms. The molecule has 0 radical (unpaired) electrons. The predicted octanol–water partition coefficient (Wildman–Crippen LogP) is 5.26. The van der Waals surface area contributed by atoms with E-state index in [4.69, 9.17) is 46.4 Å². The quantitative estimate of drug-likeness (QED) is 0.726. The van der Waals surface area contributed by atoms with E-state index < -0.39 is 5.91 Å². The van der Waals surface area contributed by atoms with Crippen molar-refractivity contribution >= 4 is 58.0 Å². The Labute approximate surface area is 135 Å². The largest absolute Gasteiger partial charge is 0.507 e. The van der Waals surface area contributed by atoms with Gasteiger partial charge in [0.1, 0.15) is 5.75 Å². The number of benzene rings is 2. The first-order valence-electron chi connectivity index (χ1n) is 5.33. The van der Waals surface area contributed by atoms with E-state index in [9.17, 15) is 9.90 Å². The second-order valence-electron chi connectivity index (χ2n) is 3.86. The molecule has 2 N–H and O–H groups in total. The van der Waals surface area contributed by atoms with Crippen molar-refractivity contribution in [3.05, 3.63) is 56.0 Å². The van der Waals surface area contributed by atoms with Gasteiger partial charge in [-0.3, -0.25) is 4.79 Å². The van der Waals surface area contributed by atoms with Gasteiger partial charge in [-0.25, -0.2) is 0 Å². The highest BCUT2D eigenvalue weighted by atomic mass is 35.5. The third-order valence-corrected chi connectivity index (χ3v) is 3.73. The van der Waals surface area contributed by atoms with Gasteiger partial charge in [0.05, 0.1) is 26.3 Å². The summed E-state index contributed by atoms with van der Waals surface area (Å²) in [6, 6.07) is 6.98. The van der Waals surface area contributed by atoms with E-state index in [-0.39, 0.29) is 32.1 Å². The summed E-state index contributed by atoms with van der Waals surface area (Å²) in [4.78, 5) is 12.1. The third-order valence-electron chi connectivity index (χ3n) is 2.46. The van der Waals surface area contributed by atoms with Crippen LogP contribution in [0.1, 0.15) is 10.4 Å². The molecule has 7 heteroatoms. The van der Waals surface area contributed by atoms with Gasteiger partial charge >= 0.3 is 0 Å². The molecule has 1 amide bonds. The average Bonchev–Trinajstić information content (AvgIpc) is 2.38. The molecule has 0 atom stereocenters. The molecule has 0 unspecified atom stereocenters. The molecule has 2 aromatic rings. The Bertz CT molecular complexity index is 688. The molecule has 104 valence electrons. The molecule has 3 nitrogen and oxygen atoms in total. The monoisotopic (exact) mass is 349 g/mol. The van der Waals surface area contributed by atoms with E-state index >= 15 is 0 Å². The number of phenols is 1. The number of amides is 1. The van der Waals surface area contributed by atoms with Gasteiger partial charge in [0, 0.05) is 5.02 Å². The first-order valence-corrected chi connectivity index (χ1v) is 6.84. The fourth-order valence-electron chi connectivity index (χ4n) is 1.50. The van der Waals surface area contributed by atoms with Crippen LogP contribution in [-0.4, -0.2) is 11.0 Å². The zero-order valence-electron chi connectivity index (χ0n) is 9.75. The van der Waals surface area contributed by atoms with Crippen molar-refractivity contribution in [2.75, 3.05) is 5.32 Å². The number of hydrogen-bond acceptors (Lipinski definition) is 2. The van der Waals surface area contributed by atoms with E-state index in [2.05, 4.69) is 5.32 Å². The van der Waals surface area contributed by atoms with Gasteiger partial charge in [0.25, 0.3) is 5.91 Å². The number of aromatic hydroxyl groups is 1. The van der Waals surface area contributed by atoms with Gasteiger partial charge in [-0.1, -0.05) is 46.4 Å². The van der Waals surface area contributed by atoms with Crippen LogP contribution in [-0.2, 0) is 0 Å². The summed E-state index contributed by atoms with van der Waals surface area (Å²) in [6.07, 6.45) is 0. The fourth-order valence-corrected chi connectivity index (χ4v) is 2.26. The van der Waals surface area contributed by atoms with Crippen molar-refractivity contribution in [2.24, 2.45) is 0 Å². The first kappa shape index (κ1) is 15.3. The molecule has 0 aliphatic heterocycles. The lowest BCUT2D eigenvalue weighted by molar-refractivity contribution is 0.102. The van der Waals surface area contributed by atoms with E-state index in [0.29, 0.717) is 5.02 Å². The van der Waals surface area contributed by atoms with Crippen molar-refractivity contribution in [1.82, 2.24) is 0 Å². The highest BCUT2D eigenvalue weighted by Gasteiger charge is 2.14. The van der Waals surface area contributed by atoms with Gasteiger partial charge in [-0.15, -0.1) is 0 Å². The molecule has 0 aromatic heterocycles. The topological polar surface area (TPSA) is 49.3 Å². The number of carbonyl (C=O) groups is 1. The van der Waals surface area contributed by atoms with Crippen LogP contribution in [0.15, 0.2) is 30.3 Å².